The summed E-state index contributed by atoms with van der Waals surface area (Å²) >= 11 is 7.53. The molecule has 26 heavy (non-hydrogen) atoms. The molecule has 0 aliphatic heterocycles. The van der Waals surface area contributed by atoms with Crippen LogP contribution in [0, 0.1) is 0 Å². The molecule has 5 heteroatoms. The number of ether oxygens (including phenoxy) is 1. The fourth-order valence-electron chi connectivity index (χ4n) is 2.42. The number of halogens is 1. The van der Waals surface area contributed by atoms with Crippen molar-refractivity contribution in [2.24, 2.45) is 0 Å². The van der Waals surface area contributed by atoms with Crippen molar-refractivity contribution in [1.29, 1.82) is 0 Å². The van der Waals surface area contributed by atoms with Crippen molar-refractivity contribution >= 4 is 35.0 Å². The Bertz CT molecular complexity index is 897. The number of thioether (sulfide) groups is 1. The number of amides is 1. The third kappa shape index (κ3) is 4.81. The third-order valence-corrected chi connectivity index (χ3v) is 4.74. The monoisotopic (exact) mass is 383 g/mol. The SMILES string of the molecule is CSc1cccc(NC(=O)c2ccccc2OCc2ccc(Cl)cc2)c1. The van der Waals surface area contributed by atoms with Crippen LogP contribution in [0.4, 0.5) is 5.69 Å². The Hall–Kier alpha value is -2.43. The summed E-state index contributed by atoms with van der Waals surface area (Å²) in [6, 6.07) is 22.4. The van der Waals surface area contributed by atoms with Gasteiger partial charge in [0.1, 0.15) is 12.4 Å². The quantitative estimate of drug-likeness (QED) is 0.539. The van der Waals surface area contributed by atoms with Crippen LogP contribution in [0.5, 0.6) is 5.75 Å². The van der Waals surface area contributed by atoms with Crippen LogP contribution < -0.4 is 10.1 Å². The van der Waals surface area contributed by atoms with Gasteiger partial charge in [-0.1, -0.05) is 41.9 Å². The fraction of sp³-hybridized carbons (Fsp3) is 0.0952. The van der Waals surface area contributed by atoms with Gasteiger partial charge in [0.25, 0.3) is 5.91 Å². The molecule has 3 rings (SSSR count). The molecule has 0 spiro atoms. The Morgan fingerprint density at radius 1 is 1.04 bits per heavy atom. The van der Waals surface area contributed by atoms with Gasteiger partial charge in [-0.05, 0) is 54.3 Å². The summed E-state index contributed by atoms with van der Waals surface area (Å²) in [5.41, 5.74) is 2.24. The van der Waals surface area contributed by atoms with Gasteiger partial charge in [-0.3, -0.25) is 4.79 Å². The molecule has 0 aliphatic carbocycles. The van der Waals surface area contributed by atoms with E-state index in [1.54, 1.807) is 23.9 Å². The number of hydrogen-bond acceptors (Lipinski definition) is 3. The van der Waals surface area contributed by atoms with Crippen LogP contribution >= 0.6 is 23.4 Å². The van der Waals surface area contributed by atoms with E-state index >= 15 is 0 Å². The van der Waals surface area contributed by atoms with Gasteiger partial charge < -0.3 is 10.1 Å². The highest BCUT2D eigenvalue weighted by Gasteiger charge is 2.13. The van der Waals surface area contributed by atoms with Crippen molar-refractivity contribution in [3.8, 4) is 5.75 Å². The number of nitrogens with one attached hydrogen (secondary N) is 1. The lowest BCUT2D eigenvalue weighted by Crippen LogP contribution is -2.13. The van der Waals surface area contributed by atoms with Crippen molar-refractivity contribution in [2.75, 3.05) is 11.6 Å². The smallest absolute Gasteiger partial charge is 0.259 e. The lowest BCUT2D eigenvalue weighted by Gasteiger charge is -2.12. The molecule has 0 heterocycles. The Balaban J connectivity index is 1.73. The van der Waals surface area contributed by atoms with E-state index in [9.17, 15) is 4.79 Å². The molecule has 1 N–H and O–H groups in total. The molecule has 0 saturated carbocycles. The minimum atomic E-state index is -0.199. The molecule has 3 nitrogen and oxygen atoms in total. The lowest BCUT2D eigenvalue weighted by molar-refractivity contribution is 0.102. The maximum atomic E-state index is 12.7. The maximum Gasteiger partial charge on any atom is 0.259 e. The van der Waals surface area contributed by atoms with E-state index in [4.69, 9.17) is 16.3 Å². The first-order chi connectivity index (χ1) is 12.7. The molecule has 0 bridgehead atoms. The number of rotatable bonds is 6. The number of para-hydroxylation sites is 1. The van der Waals surface area contributed by atoms with Gasteiger partial charge in [0.2, 0.25) is 0 Å². The van der Waals surface area contributed by atoms with Gasteiger partial charge in [-0.25, -0.2) is 0 Å². The Kier molecular flexibility index (Phi) is 6.21. The Labute approximate surface area is 162 Å². The van der Waals surface area contributed by atoms with Gasteiger partial charge in [-0.15, -0.1) is 11.8 Å². The van der Waals surface area contributed by atoms with Crippen LogP contribution in [0.1, 0.15) is 15.9 Å². The molecule has 3 aromatic carbocycles. The molecule has 0 radical (unpaired) electrons. The molecule has 0 atom stereocenters. The summed E-state index contributed by atoms with van der Waals surface area (Å²) in [5, 5.41) is 3.61. The van der Waals surface area contributed by atoms with E-state index in [-0.39, 0.29) is 5.91 Å². The van der Waals surface area contributed by atoms with Crippen molar-refractivity contribution in [3.05, 3.63) is 88.9 Å². The molecular weight excluding hydrogens is 366 g/mol. The van der Waals surface area contributed by atoms with Crippen LogP contribution in [0.25, 0.3) is 0 Å². The zero-order valence-corrected chi connectivity index (χ0v) is 15.8. The first-order valence-electron chi connectivity index (χ1n) is 8.07. The first-order valence-corrected chi connectivity index (χ1v) is 9.67. The van der Waals surface area contributed by atoms with Crippen molar-refractivity contribution < 1.29 is 9.53 Å². The van der Waals surface area contributed by atoms with E-state index in [0.717, 1.165) is 16.1 Å². The highest BCUT2D eigenvalue weighted by Crippen LogP contribution is 2.23. The number of carbonyl (C=O) groups is 1. The minimum Gasteiger partial charge on any atom is -0.488 e. The first kappa shape index (κ1) is 18.4. The zero-order chi connectivity index (χ0) is 18.4. The molecule has 1 amide bonds. The van der Waals surface area contributed by atoms with Crippen LogP contribution in [0.2, 0.25) is 5.02 Å². The molecule has 0 aliphatic rings. The van der Waals surface area contributed by atoms with Gasteiger partial charge in [0.05, 0.1) is 5.56 Å². The lowest BCUT2D eigenvalue weighted by atomic mass is 10.1. The van der Waals surface area contributed by atoms with Crippen molar-refractivity contribution in [1.82, 2.24) is 0 Å². The van der Waals surface area contributed by atoms with Crippen molar-refractivity contribution in [3.63, 3.8) is 0 Å². The predicted octanol–water partition coefficient (Wildman–Crippen LogP) is 5.89. The third-order valence-electron chi connectivity index (χ3n) is 3.77. The van der Waals surface area contributed by atoms with Crippen LogP contribution in [-0.2, 0) is 6.61 Å². The van der Waals surface area contributed by atoms with E-state index in [1.165, 1.54) is 0 Å². The van der Waals surface area contributed by atoms with E-state index in [0.29, 0.717) is 22.9 Å². The van der Waals surface area contributed by atoms with Gasteiger partial charge >= 0.3 is 0 Å². The number of carbonyl (C=O) groups excluding carboxylic acids is 1. The average molecular weight is 384 g/mol. The summed E-state index contributed by atoms with van der Waals surface area (Å²) in [7, 11) is 0. The van der Waals surface area contributed by atoms with Crippen LogP contribution in [-0.4, -0.2) is 12.2 Å². The zero-order valence-electron chi connectivity index (χ0n) is 14.2. The van der Waals surface area contributed by atoms with Gasteiger partial charge in [0, 0.05) is 15.6 Å². The highest BCUT2D eigenvalue weighted by molar-refractivity contribution is 7.98. The molecule has 0 fully saturated rings. The van der Waals surface area contributed by atoms with E-state index in [2.05, 4.69) is 5.32 Å². The summed E-state index contributed by atoms with van der Waals surface area (Å²) in [5.74, 6) is 0.343. The summed E-state index contributed by atoms with van der Waals surface area (Å²) in [4.78, 5) is 13.8. The molecular formula is C21H18ClNO2S. The molecule has 3 aromatic rings. The molecule has 132 valence electrons. The normalized spacial score (nSPS) is 10.4. The number of hydrogen-bond donors (Lipinski definition) is 1. The summed E-state index contributed by atoms with van der Waals surface area (Å²) in [6.45, 7) is 0.365. The topological polar surface area (TPSA) is 38.3 Å². The van der Waals surface area contributed by atoms with E-state index in [1.807, 2.05) is 66.9 Å². The van der Waals surface area contributed by atoms with Crippen LogP contribution in [0.15, 0.2) is 77.7 Å². The number of anilines is 1. The largest absolute Gasteiger partial charge is 0.488 e. The predicted molar refractivity (Wildman–Crippen MR) is 108 cm³/mol. The van der Waals surface area contributed by atoms with Gasteiger partial charge in [0.15, 0.2) is 0 Å². The molecule has 0 aromatic heterocycles. The fourth-order valence-corrected chi connectivity index (χ4v) is 3.01. The Morgan fingerprint density at radius 2 is 1.81 bits per heavy atom. The maximum absolute atomic E-state index is 12.7. The second kappa shape index (κ2) is 8.79. The summed E-state index contributed by atoms with van der Waals surface area (Å²) < 4.78 is 5.86. The van der Waals surface area contributed by atoms with Gasteiger partial charge in [-0.2, -0.15) is 0 Å². The van der Waals surface area contributed by atoms with Crippen LogP contribution in [0.3, 0.4) is 0 Å². The summed E-state index contributed by atoms with van der Waals surface area (Å²) in [6.07, 6.45) is 2.00. The standard InChI is InChI=1S/C21H18ClNO2S/c1-26-18-6-4-5-17(13-18)23-21(24)19-7-2-3-8-20(19)25-14-15-9-11-16(22)12-10-15/h2-13H,14H2,1H3,(H,23,24). The Morgan fingerprint density at radius 3 is 2.58 bits per heavy atom. The second-order valence-electron chi connectivity index (χ2n) is 5.60. The average Bonchev–Trinajstić information content (AvgIpc) is 2.68. The van der Waals surface area contributed by atoms with E-state index < -0.39 is 0 Å². The molecule has 0 saturated heterocycles. The second-order valence-corrected chi connectivity index (χ2v) is 6.91. The van der Waals surface area contributed by atoms with Crippen molar-refractivity contribution in [2.45, 2.75) is 11.5 Å². The molecule has 0 unspecified atom stereocenters. The number of benzene rings is 3. The highest BCUT2D eigenvalue weighted by atomic mass is 35.5. The minimum absolute atomic E-state index is 0.199.